The minimum absolute atomic E-state index is 0.110. The van der Waals surface area contributed by atoms with Crippen LogP contribution in [0.15, 0.2) is 79.4 Å². The first-order chi connectivity index (χ1) is 28.1. The van der Waals surface area contributed by atoms with E-state index in [0.717, 1.165) is 57.8 Å². The van der Waals surface area contributed by atoms with Crippen molar-refractivity contribution in [3.63, 3.8) is 0 Å². The molecule has 7 rings (SSSR count). The summed E-state index contributed by atoms with van der Waals surface area (Å²) in [7, 11) is 4.15. The van der Waals surface area contributed by atoms with E-state index in [9.17, 15) is 24.3 Å². The van der Waals surface area contributed by atoms with Gasteiger partial charge in [0.25, 0.3) is 0 Å². The number of H-pyrrole nitrogens is 2. The number of alkyl carbamates (subject to hydrolysis) is 1. The number of hydrogen-bond acceptors (Lipinski definition) is 9. The van der Waals surface area contributed by atoms with Crippen molar-refractivity contribution >= 4 is 24.0 Å². The van der Waals surface area contributed by atoms with Gasteiger partial charge in [0, 0.05) is 39.6 Å². The Morgan fingerprint density at radius 1 is 0.845 bits per heavy atom. The molecule has 304 valence electrons. The fraction of sp³-hybridized carbons (Fsp3) is 0.390. The van der Waals surface area contributed by atoms with Gasteiger partial charge in [-0.2, -0.15) is 5.10 Å². The Kier molecular flexibility index (Phi) is 11.9. The van der Waals surface area contributed by atoms with Gasteiger partial charge in [-0.3, -0.25) is 19.2 Å². The van der Waals surface area contributed by atoms with Gasteiger partial charge in [0.1, 0.15) is 23.7 Å². The predicted molar refractivity (Wildman–Crippen MR) is 212 cm³/mol. The summed E-state index contributed by atoms with van der Waals surface area (Å²) in [6, 6.07) is 15.6. The molecule has 2 aliphatic rings. The number of amides is 4. The maximum absolute atomic E-state index is 13.8. The second-order valence-corrected chi connectivity index (χ2v) is 14.6. The second-order valence-electron chi connectivity index (χ2n) is 14.6. The Labute approximate surface area is 335 Å². The van der Waals surface area contributed by atoms with E-state index >= 15 is 0 Å². The number of aromatic nitrogens is 6. The average Bonchev–Trinajstić information content (AvgIpc) is 4.10. The van der Waals surface area contributed by atoms with Gasteiger partial charge < -0.3 is 39.7 Å². The van der Waals surface area contributed by atoms with Crippen LogP contribution >= 0.6 is 0 Å². The van der Waals surface area contributed by atoms with Crippen molar-refractivity contribution in [2.45, 2.75) is 69.4 Å². The molecule has 1 unspecified atom stereocenters. The normalized spacial score (nSPS) is 18.1. The molecular weight excluding hydrogens is 745 g/mol. The lowest BCUT2D eigenvalue weighted by molar-refractivity contribution is -0.138. The van der Waals surface area contributed by atoms with Crippen LogP contribution in [0.25, 0.3) is 33.6 Å². The molecule has 4 N–H and O–H groups in total. The zero-order chi connectivity index (χ0) is 40.9. The van der Waals surface area contributed by atoms with E-state index in [2.05, 4.69) is 30.4 Å². The first-order valence-corrected chi connectivity index (χ1v) is 19.3. The summed E-state index contributed by atoms with van der Waals surface area (Å²) < 4.78 is 11.7. The molecule has 0 bridgehead atoms. The van der Waals surface area contributed by atoms with Gasteiger partial charge in [-0.1, -0.05) is 48.5 Å². The van der Waals surface area contributed by atoms with E-state index in [1.54, 1.807) is 52.3 Å². The van der Waals surface area contributed by atoms with E-state index < -0.39 is 30.4 Å². The lowest BCUT2D eigenvalue weighted by atomic mass is 10.0. The molecule has 2 fully saturated rings. The number of carboxylic acid groups (broad SMARTS) is 1. The summed E-state index contributed by atoms with van der Waals surface area (Å²) in [4.78, 5) is 72.0. The van der Waals surface area contributed by atoms with Gasteiger partial charge in [0.2, 0.25) is 11.8 Å². The summed E-state index contributed by atoms with van der Waals surface area (Å²) in [6.07, 6.45) is 7.42. The number of benzene rings is 2. The van der Waals surface area contributed by atoms with E-state index in [0.29, 0.717) is 31.2 Å². The number of carbonyl (C=O) groups is 4. The maximum Gasteiger partial charge on any atom is 0.407 e. The topological polar surface area (TPSA) is 204 Å². The largest absolute Gasteiger partial charge is 0.465 e. The third kappa shape index (κ3) is 8.30. The highest BCUT2D eigenvalue weighted by Crippen LogP contribution is 2.35. The Morgan fingerprint density at radius 3 is 1.83 bits per heavy atom. The van der Waals surface area contributed by atoms with Crippen molar-refractivity contribution in [3.8, 4) is 33.6 Å². The van der Waals surface area contributed by atoms with E-state index in [1.807, 2.05) is 48.5 Å². The number of ether oxygens (including phenoxy) is 2. The SMILES string of the molecule is COC(=O)N[C@H](C(=O)N1CCC[C@H]1c1ncc(-c2ccc(-c3ccc(-c4cnc([C@@H]5CCCN5C(=O)[C@H](Cn5cccn5)N(C)C(=O)O)[nH]4)cc3)cc2)[nH]1)C(C)OC. The van der Waals surface area contributed by atoms with Crippen molar-refractivity contribution in [3.05, 3.63) is 91.0 Å². The van der Waals surface area contributed by atoms with E-state index in [4.69, 9.17) is 9.47 Å². The molecule has 17 heteroatoms. The molecule has 3 aromatic heterocycles. The van der Waals surface area contributed by atoms with Crippen LogP contribution in [-0.4, -0.2) is 126 Å². The van der Waals surface area contributed by atoms with Gasteiger partial charge in [-0.25, -0.2) is 19.6 Å². The molecule has 58 heavy (non-hydrogen) atoms. The quantitative estimate of drug-likeness (QED) is 0.124. The minimum Gasteiger partial charge on any atom is -0.465 e. The van der Waals surface area contributed by atoms with Crippen LogP contribution < -0.4 is 5.32 Å². The number of rotatable bonds is 13. The number of hydrogen-bond donors (Lipinski definition) is 4. The second kappa shape index (κ2) is 17.3. The molecule has 0 spiro atoms. The highest BCUT2D eigenvalue weighted by Gasteiger charge is 2.40. The zero-order valence-corrected chi connectivity index (χ0v) is 32.9. The van der Waals surface area contributed by atoms with Crippen LogP contribution in [0.4, 0.5) is 9.59 Å². The Hall–Kier alpha value is -6.49. The van der Waals surface area contributed by atoms with Gasteiger partial charge in [-0.15, -0.1) is 0 Å². The minimum atomic E-state index is -1.18. The van der Waals surface area contributed by atoms with Crippen molar-refractivity contribution in [1.82, 2.24) is 49.7 Å². The number of imidazole rings is 2. The average molecular weight is 793 g/mol. The lowest BCUT2D eigenvalue weighted by Gasteiger charge is -2.31. The molecule has 5 heterocycles. The van der Waals surface area contributed by atoms with Crippen molar-refractivity contribution in [2.24, 2.45) is 0 Å². The number of likely N-dealkylation sites (N-methyl/N-ethyl adjacent to an activating group) is 1. The number of nitrogens with zero attached hydrogens (tertiary/aromatic N) is 7. The van der Waals surface area contributed by atoms with E-state index in [1.165, 1.54) is 21.3 Å². The highest BCUT2D eigenvalue weighted by atomic mass is 16.5. The molecule has 2 aliphatic heterocycles. The third-order valence-electron chi connectivity index (χ3n) is 11.2. The summed E-state index contributed by atoms with van der Waals surface area (Å²) >= 11 is 0. The standard InChI is InChI=1S/C41H48N10O7/c1-25(57-3)35(47-40(54)58-4)39(53)51-21-6-9-33(51)37-43-23-31(46-37)29-16-12-27(13-17-29)26-10-14-28(15-11-26)30-22-42-36(45-30)32-8-5-20-50(32)38(52)34(48(2)41(55)56)24-49-19-7-18-44-49/h7,10-19,22-23,25,32-35H,5-6,8-9,20-21,24H2,1-4H3,(H,42,45)(H,43,46)(H,47,54)(H,55,56)/t25?,32-,33-,34-,35-/m0/s1. The van der Waals surface area contributed by atoms with Gasteiger partial charge >= 0.3 is 12.2 Å². The number of carbonyl (C=O) groups excluding carboxylic acids is 3. The Balaban J connectivity index is 1.00. The summed E-state index contributed by atoms with van der Waals surface area (Å²) in [6.45, 7) is 2.88. The molecule has 2 aromatic carbocycles. The smallest absolute Gasteiger partial charge is 0.407 e. The summed E-state index contributed by atoms with van der Waals surface area (Å²) in [5.74, 6) is 0.798. The van der Waals surface area contributed by atoms with Crippen LogP contribution in [0.5, 0.6) is 0 Å². The van der Waals surface area contributed by atoms with Crippen LogP contribution in [0.2, 0.25) is 0 Å². The third-order valence-corrected chi connectivity index (χ3v) is 11.2. The Morgan fingerprint density at radius 2 is 1.36 bits per heavy atom. The van der Waals surface area contributed by atoms with Crippen LogP contribution in [0, 0.1) is 0 Å². The summed E-state index contributed by atoms with van der Waals surface area (Å²) in [5.41, 5.74) is 5.57. The number of likely N-dealkylation sites (tertiary alicyclic amines) is 2. The fourth-order valence-corrected chi connectivity index (χ4v) is 7.78. The molecule has 5 aromatic rings. The lowest BCUT2D eigenvalue weighted by Crippen LogP contribution is -2.54. The predicted octanol–water partition coefficient (Wildman–Crippen LogP) is 5.10. The van der Waals surface area contributed by atoms with Gasteiger partial charge in [0.15, 0.2) is 0 Å². The van der Waals surface area contributed by atoms with Gasteiger partial charge in [0.05, 0.1) is 55.6 Å². The van der Waals surface area contributed by atoms with Crippen LogP contribution in [0.1, 0.15) is 56.3 Å². The number of nitrogens with one attached hydrogen (secondary N) is 3. The molecule has 0 radical (unpaired) electrons. The molecular formula is C41H48N10O7. The van der Waals surface area contributed by atoms with Crippen LogP contribution in [-0.2, 0) is 25.6 Å². The van der Waals surface area contributed by atoms with Gasteiger partial charge in [-0.05, 0) is 60.9 Å². The van der Waals surface area contributed by atoms with Crippen molar-refractivity contribution in [2.75, 3.05) is 34.4 Å². The van der Waals surface area contributed by atoms with Crippen molar-refractivity contribution < 1.29 is 33.8 Å². The molecule has 17 nitrogen and oxygen atoms in total. The highest BCUT2D eigenvalue weighted by molar-refractivity contribution is 5.87. The summed E-state index contributed by atoms with van der Waals surface area (Å²) in [5, 5.41) is 16.5. The molecule has 0 aliphatic carbocycles. The molecule has 2 saturated heterocycles. The first-order valence-electron chi connectivity index (χ1n) is 19.3. The first kappa shape index (κ1) is 39.7. The number of methoxy groups -OCH3 is 2. The van der Waals surface area contributed by atoms with Crippen LogP contribution in [0.3, 0.4) is 0 Å². The van der Waals surface area contributed by atoms with Crippen molar-refractivity contribution in [1.29, 1.82) is 0 Å². The molecule has 0 saturated carbocycles. The number of aromatic amines is 2. The maximum atomic E-state index is 13.8. The monoisotopic (exact) mass is 792 g/mol. The zero-order valence-electron chi connectivity index (χ0n) is 32.9. The molecule has 4 amide bonds. The Bertz CT molecular complexity index is 2200. The fourth-order valence-electron chi connectivity index (χ4n) is 7.78. The van der Waals surface area contributed by atoms with E-state index in [-0.39, 0.29) is 30.4 Å². The molecule has 5 atom stereocenters.